The van der Waals surface area contributed by atoms with Crippen LogP contribution in [0.3, 0.4) is 0 Å². The average molecular weight is 291 g/mol. The zero-order chi connectivity index (χ0) is 15.2. The molecule has 0 radical (unpaired) electrons. The Morgan fingerprint density at radius 3 is 2.24 bits per heavy atom. The standard InChI is InChI=1S/C16H15F2NO2/c17-14-8-13(11-21)9-15(18)16(14)19(6-7-20)10-12-4-2-1-3-5-12/h1-5,8-9,11,20H,6-7,10H2. The number of aldehydes is 1. The fourth-order valence-corrected chi connectivity index (χ4v) is 2.15. The van der Waals surface area contributed by atoms with Crippen LogP contribution in [-0.4, -0.2) is 24.5 Å². The van der Waals surface area contributed by atoms with E-state index in [0.717, 1.165) is 17.7 Å². The van der Waals surface area contributed by atoms with Gasteiger partial charge in [-0.3, -0.25) is 4.79 Å². The molecule has 21 heavy (non-hydrogen) atoms. The van der Waals surface area contributed by atoms with Gasteiger partial charge in [-0.25, -0.2) is 8.78 Å². The monoisotopic (exact) mass is 291 g/mol. The lowest BCUT2D eigenvalue weighted by Crippen LogP contribution is -2.28. The molecule has 0 aliphatic carbocycles. The minimum atomic E-state index is -0.818. The third kappa shape index (κ3) is 3.64. The summed E-state index contributed by atoms with van der Waals surface area (Å²) in [5.74, 6) is -1.64. The van der Waals surface area contributed by atoms with E-state index in [1.54, 1.807) is 0 Å². The Morgan fingerprint density at radius 1 is 1.10 bits per heavy atom. The molecule has 3 nitrogen and oxygen atoms in total. The smallest absolute Gasteiger partial charge is 0.150 e. The molecule has 0 saturated carbocycles. The largest absolute Gasteiger partial charge is 0.395 e. The summed E-state index contributed by atoms with van der Waals surface area (Å²) in [6, 6.07) is 11.1. The SMILES string of the molecule is O=Cc1cc(F)c(N(CCO)Cc2ccccc2)c(F)c1. The number of benzene rings is 2. The molecule has 0 aliphatic heterocycles. The predicted molar refractivity (Wildman–Crippen MR) is 76.3 cm³/mol. The summed E-state index contributed by atoms with van der Waals surface area (Å²) in [5, 5.41) is 9.12. The van der Waals surface area contributed by atoms with Gasteiger partial charge in [0.1, 0.15) is 23.6 Å². The molecule has 0 aliphatic rings. The van der Waals surface area contributed by atoms with Crippen molar-refractivity contribution in [2.45, 2.75) is 6.54 Å². The molecule has 0 heterocycles. The minimum Gasteiger partial charge on any atom is -0.395 e. The Bertz CT molecular complexity index is 594. The number of aliphatic hydroxyl groups is 1. The van der Waals surface area contributed by atoms with Gasteiger partial charge in [0, 0.05) is 18.7 Å². The number of hydrogen-bond donors (Lipinski definition) is 1. The second-order valence-corrected chi connectivity index (χ2v) is 4.58. The first-order valence-electron chi connectivity index (χ1n) is 6.49. The highest BCUT2D eigenvalue weighted by Gasteiger charge is 2.18. The van der Waals surface area contributed by atoms with Crippen LogP contribution in [0.5, 0.6) is 0 Å². The van der Waals surface area contributed by atoms with E-state index in [4.69, 9.17) is 5.11 Å². The van der Waals surface area contributed by atoms with E-state index in [9.17, 15) is 13.6 Å². The van der Waals surface area contributed by atoms with Crippen molar-refractivity contribution in [1.82, 2.24) is 0 Å². The van der Waals surface area contributed by atoms with Gasteiger partial charge < -0.3 is 10.0 Å². The topological polar surface area (TPSA) is 40.5 Å². The van der Waals surface area contributed by atoms with Crippen LogP contribution < -0.4 is 4.90 Å². The molecular weight excluding hydrogens is 276 g/mol. The van der Waals surface area contributed by atoms with E-state index < -0.39 is 11.6 Å². The molecule has 0 spiro atoms. The van der Waals surface area contributed by atoms with Crippen molar-refractivity contribution in [2.24, 2.45) is 0 Å². The van der Waals surface area contributed by atoms with Gasteiger partial charge in [0.05, 0.1) is 6.61 Å². The molecule has 0 unspecified atom stereocenters. The number of hydrogen-bond acceptors (Lipinski definition) is 3. The van der Waals surface area contributed by atoms with E-state index >= 15 is 0 Å². The van der Waals surface area contributed by atoms with Crippen LogP contribution in [0.15, 0.2) is 42.5 Å². The summed E-state index contributed by atoms with van der Waals surface area (Å²) in [7, 11) is 0. The van der Waals surface area contributed by atoms with E-state index in [-0.39, 0.29) is 30.9 Å². The van der Waals surface area contributed by atoms with Crippen LogP contribution >= 0.6 is 0 Å². The second kappa shape index (κ2) is 6.95. The molecule has 1 N–H and O–H groups in total. The fraction of sp³-hybridized carbons (Fsp3) is 0.188. The zero-order valence-electron chi connectivity index (χ0n) is 11.3. The first-order valence-corrected chi connectivity index (χ1v) is 6.49. The van der Waals surface area contributed by atoms with Gasteiger partial charge >= 0.3 is 0 Å². The van der Waals surface area contributed by atoms with Crippen LogP contribution in [0.4, 0.5) is 14.5 Å². The average Bonchev–Trinajstić information content (AvgIpc) is 2.47. The lowest BCUT2D eigenvalue weighted by Gasteiger charge is -2.25. The van der Waals surface area contributed by atoms with Crippen molar-refractivity contribution in [3.8, 4) is 0 Å². The third-order valence-electron chi connectivity index (χ3n) is 3.08. The van der Waals surface area contributed by atoms with Gasteiger partial charge in [0.2, 0.25) is 0 Å². The second-order valence-electron chi connectivity index (χ2n) is 4.58. The van der Waals surface area contributed by atoms with Crippen LogP contribution in [0.2, 0.25) is 0 Å². The lowest BCUT2D eigenvalue weighted by molar-refractivity contribution is 0.112. The number of rotatable bonds is 6. The molecule has 2 aromatic carbocycles. The number of aliphatic hydroxyl groups excluding tert-OH is 1. The van der Waals surface area contributed by atoms with Gasteiger partial charge in [-0.15, -0.1) is 0 Å². The lowest BCUT2D eigenvalue weighted by atomic mass is 10.1. The maximum Gasteiger partial charge on any atom is 0.150 e. The Morgan fingerprint density at radius 2 is 1.71 bits per heavy atom. The number of anilines is 1. The summed E-state index contributed by atoms with van der Waals surface area (Å²) in [6.45, 7) is 0.111. The van der Waals surface area contributed by atoms with Gasteiger partial charge in [-0.1, -0.05) is 30.3 Å². The van der Waals surface area contributed by atoms with Gasteiger partial charge in [-0.2, -0.15) is 0 Å². The molecule has 0 fully saturated rings. The van der Waals surface area contributed by atoms with Crippen LogP contribution in [0.25, 0.3) is 0 Å². The van der Waals surface area contributed by atoms with E-state index in [1.807, 2.05) is 30.3 Å². The molecule has 5 heteroatoms. The summed E-state index contributed by atoms with van der Waals surface area (Å²) < 4.78 is 28.1. The minimum absolute atomic E-state index is 0.0580. The number of nitrogens with zero attached hydrogens (tertiary/aromatic N) is 1. The highest BCUT2D eigenvalue weighted by molar-refractivity contribution is 5.76. The zero-order valence-corrected chi connectivity index (χ0v) is 11.3. The van der Waals surface area contributed by atoms with Crippen molar-refractivity contribution in [2.75, 3.05) is 18.1 Å². The van der Waals surface area contributed by atoms with E-state index in [2.05, 4.69) is 0 Å². The molecule has 2 rings (SSSR count). The Balaban J connectivity index is 2.36. The summed E-state index contributed by atoms with van der Waals surface area (Å²) in [5.41, 5.74) is 0.570. The van der Waals surface area contributed by atoms with Crippen molar-refractivity contribution < 1.29 is 18.7 Å². The third-order valence-corrected chi connectivity index (χ3v) is 3.08. The highest BCUT2D eigenvalue weighted by atomic mass is 19.1. The van der Waals surface area contributed by atoms with Crippen molar-refractivity contribution >= 4 is 12.0 Å². The van der Waals surface area contributed by atoms with E-state index in [1.165, 1.54) is 4.90 Å². The quantitative estimate of drug-likeness (QED) is 0.832. The Hall–Kier alpha value is -2.27. The molecule has 0 saturated heterocycles. The number of carbonyl (C=O) groups is 1. The molecule has 0 amide bonds. The molecular formula is C16H15F2NO2. The predicted octanol–water partition coefficient (Wildman–Crippen LogP) is 2.78. The van der Waals surface area contributed by atoms with Gasteiger partial charge in [0.15, 0.2) is 0 Å². The molecule has 0 bridgehead atoms. The van der Waals surface area contributed by atoms with Crippen molar-refractivity contribution in [1.29, 1.82) is 0 Å². The highest BCUT2D eigenvalue weighted by Crippen LogP contribution is 2.26. The normalized spacial score (nSPS) is 10.4. The maximum absolute atomic E-state index is 14.1. The molecule has 0 aromatic heterocycles. The van der Waals surface area contributed by atoms with Gasteiger partial charge in [-0.05, 0) is 17.7 Å². The number of carbonyl (C=O) groups excluding carboxylic acids is 1. The van der Waals surface area contributed by atoms with Gasteiger partial charge in [0.25, 0.3) is 0 Å². The summed E-state index contributed by atoms with van der Waals surface area (Å²) in [6.07, 6.45) is 0.392. The van der Waals surface area contributed by atoms with Crippen molar-refractivity contribution in [3.05, 3.63) is 65.2 Å². The summed E-state index contributed by atoms with van der Waals surface area (Å²) in [4.78, 5) is 12.0. The summed E-state index contributed by atoms with van der Waals surface area (Å²) >= 11 is 0. The van der Waals surface area contributed by atoms with E-state index in [0.29, 0.717) is 6.29 Å². The van der Waals surface area contributed by atoms with Crippen molar-refractivity contribution in [3.63, 3.8) is 0 Å². The van der Waals surface area contributed by atoms with Crippen LogP contribution in [0.1, 0.15) is 15.9 Å². The van der Waals surface area contributed by atoms with Crippen LogP contribution in [-0.2, 0) is 6.54 Å². The first-order chi connectivity index (χ1) is 10.2. The van der Waals surface area contributed by atoms with Crippen LogP contribution in [0, 0.1) is 11.6 Å². The Kier molecular flexibility index (Phi) is 5.00. The fourth-order valence-electron chi connectivity index (χ4n) is 2.15. The Labute approximate surface area is 121 Å². The maximum atomic E-state index is 14.1. The molecule has 0 atom stereocenters. The molecule has 2 aromatic rings. The first kappa shape index (κ1) is 15.1. The molecule has 110 valence electrons. The number of halogens is 2.